The van der Waals surface area contributed by atoms with Gasteiger partial charge in [-0.1, -0.05) is 0 Å². The third-order valence-electron chi connectivity index (χ3n) is 2.89. The summed E-state index contributed by atoms with van der Waals surface area (Å²) in [5.74, 6) is 1.68. The van der Waals surface area contributed by atoms with E-state index in [-0.39, 0.29) is 6.79 Å². The summed E-state index contributed by atoms with van der Waals surface area (Å²) in [6.07, 6.45) is 0.711. The molecule has 0 atom stereocenters. The predicted molar refractivity (Wildman–Crippen MR) is 64.6 cm³/mol. The van der Waals surface area contributed by atoms with Crippen LogP contribution in [0.1, 0.15) is 10.4 Å². The third kappa shape index (κ3) is 1.42. The fourth-order valence-electron chi connectivity index (χ4n) is 1.93. The smallest absolute Gasteiger partial charge is 0.231 e. The molecule has 0 amide bonds. The number of rotatable bonds is 2. The van der Waals surface area contributed by atoms with Crippen molar-refractivity contribution in [2.45, 2.75) is 0 Å². The summed E-state index contributed by atoms with van der Waals surface area (Å²) < 4.78 is 12.0. The minimum absolute atomic E-state index is 0.212. The molecule has 92 valence electrons. The van der Waals surface area contributed by atoms with E-state index in [1.54, 1.807) is 19.2 Å². The summed E-state index contributed by atoms with van der Waals surface area (Å²) in [4.78, 5) is 11.1. The lowest BCUT2D eigenvalue weighted by Crippen LogP contribution is -1.98. The summed E-state index contributed by atoms with van der Waals surface area (Å²) >= 11 is 0. The van der Waals surface area contributed by atoms with Crippen molar-refractivity contribution in [2.75, 3.05) is 12.5 Å². The van der Waals surface area contributed by atoms with E-state index in [0.717, 1.165) is 5.56 Å². The molecule has 0 bridgehead atoms. The van der Waals surface area contributed by atoms with E-state index in [2.05, 4.69) is 5.10 Å². The molecule has 3 rings (SSSR count). The molecule has 1 aliphatic rings. The molecule has 1 aromatic carbocycles. The molecule has 2 N–H and O–H groups in total. The number of hydrogen-bond donors (Lipinski definition) is 1. The highest BCUT2D eigenvalue weighted by Gasteiger charge is 2.19. The molecule has 1 aliphatic heterocycles. The van der Waals surface area contributed by atoms with Crippen molar-refractivity contribution in [3.63, 3.8) is 0 Å². The minimum atomic E-state index is 0.212. The van der Waals surface area contributed by atoms with Crippen LogP contribution in [0.3, 0.4) is 0 Å². The highest BCUT2D eigenvalue weighted by atomic mass is 16.7. The van der Waals surface area contributed by atoms with Crippen molar-refractivity contribution in [2.24, 2.45) is 7.05 Å². The molecule has 18 heavy (non-hydrogen) atoms. The SMILES string of the molecule is Cn1nc(-c2ccc3c(c2)OCO3)c(C=O)c1N. The van der Waals surface area contributed by atoms with Gasteiger partial charge in [-0.3, -0.25) is 9.48 Å². The van der Waals surface area contributed by atoms with E-state index < -0.39 is 0 Å². The maximum atomic E-state index is 11.1. The molecular formula is C12H11N3O3. The number of benzene rings is 1. The van der Waals surface area contributed by atoms with Gasteiger partial charge in [0.2, 0.25) is 6.79 Å². The predicted octanol–water partition coefficient (Wildman–Crippen LogP) is 1.21. The summed E-state index contributed by atoms with van der Waals surface area (Å²) in [5.41, 5.74) is 7.48. The second-order valence-corrected chi connectivity index (χ2v) is 3.96. The summed E-state index contributed by atoms with van der Waals surface area (Å²) in [6, 6.07) is 5.40. The summed E-state index contributed by atoms with van der Waals surface area (Å²) in [5, 5.41) is 4.24. The molecule has 0 spiro atoms. The molecule has 0 radical (unpaired) electrons. The maximum absolute atomic E-state index is 11.1. The fourth-order valence-corrected chi connectivity index (χ4v) is 1.93. The molecule has 0 aliphatic carbocycles. The molecular weight excluding hydrogens is 234 g/mol. The fraction of sp³-hybridized carbons (Fsp3) is 0.167. The number of aldehydes is 1. The van der Waals surface area contributed by atoms with Gasteiger partial charge >= 0.3 is 0 Å². The van der Waals surface area contributed by atoms with E-state index in [4.69, 9.17) is 15.2 Å². The van der Waals surface area contributed by atoms with Crippen LogP contribution in [0.2, 0.25) is 0 Å². The van der Waals surface area contributed by atoms with Crippen molar-refractivity contribution >= 4 is 12.1 Å². The first-order chi connectivity index (χ1) is 8.70. The Morgan fingerprint density at radius 3 is 2.94 bits per heavy atom. The van der Waals surface area contributed by atoms with Gasteiger partial charge in [-0.05, 0) is 18.2 Å². The quantitative estimate of drug-likeness (QED) is 0.804. The largest absolute Gasteiger partial charge is 0.454 e. The molecule has 0 fully saturated rings. The average Bonchev–Trinajstić information content (AvgIpc) is 2.94. The highest BCUT2D eigenvalue weighted by Crippen LogP contribution is 2.36. The number of ether oxygens (including phenoxy) is 2. The molecule has 0 unspecified atom stereocenters. The van der Waals surface area contributed by atoms with Gasteiger partial charge in [0, 0.05) is 12.6 Å². The Labute approximate surface area is 103 Å². The Kier molecular flexibility index (Phi) is 2.22. The van der Waals surface area contributed by atoms with Crippen LogP contribution in [0.25, 0.3) is 11.3 Å². The number of carbonyl (C=O) groups excluding carboxylic acids is 1. The van der Waals surface area contributed by atoms with E-state index in [9.17, 15) is 4.79 Å². The zero-order valence-electron chi connectivity index (χ0n) is 9.71. The topological polar surface area (TPSA) is 79.4 Å². The maximum Gasteiger partial charge on any atom is 0.231 e. The van der Waals surface area contributed by atoms with Crippen LogP contribution in [-0.2, 0) is 7.05 Å². The van der Waals surface area contributed by atoms with E-state index in [1.807, 2.05) is 6.07 Å². The highest BCUT2D eigenvalue weighted by molar-refractivity contribution is 5.91. The van der Waals surface area contributed by atoms with Crippen LogP contribution in [0.4, 0.5) is 5.82 Å². The number of carbonyl (C=O) groups is 1. The Balaban J connectivity index is 2.15. The zero-order chi connectivity index (χ0) is 12.7. The Morgan fingerprint density at radius 1 is 1.39 bits per heavy atom. The van der Waals surface area contributed by atoms with Crippen molar-refractivity contribution in [1.82, 2.24) is 9.78 Å². The number of nitrogens with two attached hydrogens (primary N) is 1. The first kappa shape index (κ1) is 10.6. The van der Waals surface area contributed by atoms with Crippen molar-refractivity contribution in [3.8, 4) is 22.8 Å². The number of anilines is 1. The van der Waals surface area contributed by atoms with Crippen molar-refractivity contribution in [1.29, 1.82) is 0 Å². The molecule has 2 aromatic rings. The lowest BCUT2D eigenvalue weighted by Gasteiger charge is -2.00. The van der Waals surface area contributed by atoms with Crippen LogP contribution < -0.4 is 15.2 Å². The van der Waals surface area contributed by atoms with Gasteiger partial charge in [0.15, 0.2) is 17.8 Å². The number of nitrogens with zero attached hydrogens (tertiary/aromatic N) is 2. The Morgan fingerprint density at radius 2 is 2.17 bits per heavy atom. The first-order valence-corrected chi connectivity index (χ1v) is 5.38. The van der Waals surface area contributed by atoms with Crippen molar-refractivity contribution < 1.29 is 14.3 Å². The first-order valence-electron chi connectivity index (χ1n) is 5.38. The molecule has 6 heteroatoms. The average molecular weight is 245 g/mol. The number of fused-ring (bicyclic) bond motifs is 1. The third-order valence-corrected chi connectivity index (χ3v) is 2.89. The Bertz CT molecular complexity index is 634. The second-order valence-electron chi connectivity index (χ2n) is 3.96. The second kappa shape index (κ2) is 3.76. The van der Waals surface area contributed by atoms with Crippen molar-refractivity contribution in [3.05, 3.63) is 23.8 Å². The van der Waals surface area contributed by atoms with Gasteiger partial charge in [-0.15, -0.1) is 0 Å². The van der Waals surface area contributed by atoms with Gasteiger partial charge in [0.05, 0.1) is 5.56 Å². The molecule has 0 saturated carbocycles. The van der Waals surface area contributed by atoms with E-state index in [1.165, 1.54) is 4.68 Å². The van der Waals surface area contributed by atoms with Gasteiger partial charge in [-0.25, -0.2) is 0 Å². The van der Waals surface area contributed by atoms with Crippen LogP contribution >= 0.6 is 0 Å². The van der Waals surface area contributed by atoms with Gasteiger partial charge in [-0.2, -0.15) is 5.10 Å². The number of aryl methyl sites for hydroxylation is 1. The van der Waals surface area contributed by atoms with Crippen LogP contribution in [-0.4, -0.2) is 22.9 Å². The number of aromatic nitrogens is 2. The molecule has 0 saturated heterocycles. The van der Waals surface area contributed by atoms with Gasteiger partial charge < -0.3 is 15.2 Å². The molecule has 1 aromatic heterocycles. The van der Waals surface area contributed by atoms with Gasteiger partial charge in [0.1, 0.15) is 11.5 Å². The van der Waals surface area contributed by atoms with Crippen LogP contribution in [0, 0.1) is 0 Å². The molecule has 2 heterocycles. The lowest BCUT2D eigenvalue weighted by molar-refractivity contribution is 0.112. The summed E-state index contributed by atoms with van der Waals surface area (Å²) in [7, 11) is 1.69. The van der Waals surface area contributed by atoms with E-state index in [0.29, 0.717) is 34.9 Å². The van der Waals surface area contributed by atoms with Gasteiger partial charge in [0.25, 0.3) is 0 Å². The van der Waals surface area contributed by atoms with E-state index >= 15 is 0 Å². The van der Waals surface area contributed by atoms with Crippen LogP contribution in [0.15, 0.2) is 18.2 Å². The Hall–Kier alpha value is -2.50. The molecule has 6 nitrogen and oxygen atoms in total. The summed E-state index contributed by atoms with van der Waals surface area (Å²) in [6.45, 7) is 0.212. The number of hydrogen-bond acceptors (Lipinski definition) is 5. The normalized spacial score (nSPS) is 12.7. The monoisotopic (exact) mass is 245 g/mol. The number of nitrogen functional groups attached to an aromatic ring is 1. The standard InChI is InChI=1S/C12H11N3O3/c1-15-12(13)8(5-16)11(14-15)7-2-3-9-10(4-7)18-6-17-9/h2-5H,6,13H2,1H3. The lowest BCUT2D eigenvalue weighted by atomic mass is 10.1. The minimum Gasteiger partial charge on any atom is -0.454 e. The zero-order valence-corrected chi connectivity index (χ0v) is 9.71. The van der Waals surface area contributed by atoms with Crippen LogP contribution in [0.5, 0.6) is 11.5 Å².